The van der Waals surface area contributed by atoms with Gasteiger partial charge in [-0.05, 0) is 32.4 Å². The van der Waals surface area contributed by atoms with Crippen LogP contribution in [0.5, 0.6) is 11.5 Å². The molecule has 0 aliphatic heterocycles. The standard InChI is InChI=1S/C15H24O4/c1-6-15(2,3)19-10-13(16)12-8-7-11(17-4)9-14(12)18-5/h7-9,13,16H,6,10H2,1-5H3. The molecule has 4 nitrogen and oxygen atoms in total. The van der Waals surface area contributed by atoms with E-state index in [9.17, 15) is 5.11 Å². The van der Waals surface area contributed by atoms with E-state index in [2.05, 4.69) is 6.92 Å². The lowest BCUT2D eigenvalue weighted by molar-refractivity contribution is -0.0622. The number of hydrogen-bond acceptors (Lipinski definition) is 4. The molecular formula is C15H24O4. The average molecular weight is 268 g/mol. The summed E-state index contributed by atoms with van der Waals surface area (Å²) in [5.74, 6) is 1.30. The minimum atomic E-state index is -0.716. The third-order valence-electron chi connectivity index (χ3n) is 3.28. The zero-order valence-corrected chi connectivity index (χ0v) is 12.4. The van der Waals surface area contributed by atoms with Crippen LogP contribution >= 0.6 is 0 Å². The summed E-state index contributed by atoms with van der Waals surface area (Å²) in [7, 11) is 3.17. The Morgan fingerprint density at radius 1 is 1.21 bits per heavy atom. The van der Waals surface area contributed by atoms with Gasteiger partial charge in [0.05, 0.1) is 26.4 Å². The maximum Gasteiger partial charge on any atom is 0.128 e. The molecule has 1 aromatic rings. The minimum Gasteiger partial charge on any atom is -0.497 e. The van der Waals surface area contributed by atoms with Crippen molar-refractivity contribution in [1.29, 1.82) is 0 Å². The summed E-state index contributed by atoms with van der Waals surface area (Å²) >= 11 is 0. The SMILES string of the molecule is CCC(C)(C)OCC(O)c1ccc(OC)cc1OC. The molecule has 0 fully saturated rings. The van der Waals surface area contributed by atoms with Crippen molar-refractivity contribution in [2.45, 2.75) is 38.9 Å². The number of ether oxygens (including phenoxy) is 3. The number of aliphatic hydroxyl groups is 1. The van der Waals surface area contributed by atoms with E-state index in [-0.39, 0.29) is 12.2 Å². The van der Waals surface area contributed by atoms with Gasteiger partial charge in [0.15, 0.2) is 0 Å². The largest absolute Gasteiger partial charge is 0.497 e. The Hall–Kier alpha value is -1.26. The van der Waals surface area contributed by atoms with E-state index in [1.54, 1.807) is 32.4 Å². The van der Waals surface area contributed by atoms with Crippen LogP contribution in [-0.4, -0.2) is 31.5 Å². The third-order valence-corrected chi connectivity index (χ3v) is 3.28. The first-order valence-electron chi connectivity index (χ1n) is 6.47. The van der Waals surface area contributed by atoms with Gasteiger partial charge in [0.2, 0.25) is 0 Å². The molecule has 0 radical (unpaired) electrons. The third kappa shape index (κ3) is 4.40. The highest BCUT2D eigenvalue weighted by Crippen LogP contribution is 2.30. The van der Waals surface area contributed by atoms with Crippen LogP contribution in [0, 0.1) is 0 Å². The molecule has 1 rings (SSSR count). The molecule has 0 bridgehead atoms. The molecule has 0 amide bonds. The van der Waals surface area contributed by atoms with Gasteiger partial charge in [0.1, 0.15) is 17.6 Å². The molecule has 19 heavy (non-hydrogen) atoms. The first-order chi connectivity index (χ1) is 8.93. The molecule has 4 heteroatoms. The summed E-state index contributed by atoms with van der Waals surface area (Å²) in [6.07, 6.45) is 0.172. The number of rotatable bonds is 7. The second-order valence-corrected chi connectivity index (χ2v) is 5.05. The fourth-order valence-electron chi connectivity index (χ4n) is 1.59. The smallest absolute Gasteiger partial charge is 0.128 e. The van der Waals surface area contributed by atoms with Crippen molar-refractivity contribution in [2.75, 3.05) is 20.8 Å². The zero-order chi connectivity index (χ0) is 14.5. The predicted octanol–water partition coefficient (Wildman–Crippen LogP) is 2.94. The van der Waals surface area contributed by atoms with Crippen LogP contribution in [0.1, 0.15) is 38.9 Å². The molecule has 0 aliphatic rings. The second kappa shape index (κ2) is 6.78. The van der Waals surface area contributed by atoms with E-state index in [1.807, 2.05) is 13.8 Å². The fraction of sp³-hybridized carbons (Fsp3) is 0.600. The van der Waals surface area contributed by atoms with Crippen LogP contribution in [0.2, 0.25) is 0 Å². The molecule has 0 heterocycles. The van der Waals surface area contributed by atoms with Crippen molar-refractivity contribution >= 4 is 0 Å². The topological polar surface area (TPSA) is 47.9 Å². The van der Waals surface area contributed by atoms with Crippen LogP contribution in [0.4, 0.5) is 0 Å². The van der Waals surface area contributed by atoms with Crippen molar-refractivity contribution in [2.24, 2.45) is 0 Å². The quantitative estimate of drug-likeness (QED) is 0.826. The van der Waals surface area contributed by atoms with Gasteiger partial charge >= 0.3 is 0 Å². The van der Waals surface area contributed by atoms with E-state index in [0.717, 1.165) is 6.42 Å². The first kappa shape index (κ1) is 15.8. The molecule has 0 saturated carbocycles. The van der Waals surface area contributed by atoms with Crippen molar-refractivity contribution < 1.29 is 19.3 Å². The van der Waals surface area contributed by atoms with E-state index in [0.29, 0.717) is 17.1 Å². The highest BCUT2D eigenvalue weighted by atomic mass is 16.5. The number of methoxy groups -OCH3 is 2. The molecule has 1 unspecified atom stereocenters. The summed E-state index contributed by atoms with van der Waals surface area (Å²) in [4.78, 5) is 0. The second-order valence-electron chi connectivity index (χ2n) is 5.05. The lowest BCUT2D eigenvalue weighted by Crippen LogP contribution is -2.26. The number of hydrogen-bond donors (Lipinski definition) is 1. The van der Waals surface area contributed by atoms with Gasteiger partial charge in [-0.25, -0.2) is 0 Å². The highest BCUT2D eigenvalue weighted by molar-refractivity contribution is 5.42. The van der Waals surface area contributed by atoms with E-state index >= 15 is 0 Å². The molecule has 0 saturated heterocycles. The van der Waals surface area contributed by atoms with Gasteiger partial charge in [0, 0.05) is 11.6 Å². The molecule has 0 spiro atoms. The number of aliphatic hydroxyl groups excluding tert-OH is 1. The Bertz CT molecular complexity index is 401. The Balaban J connectivity index is 2.79. The molecule has 1 atom stereocenters. The van der Waals surface area contributed by atoms with Gasteiger partial charge in [0.25, 0.3) is 0 Å². The van der Waals surface area contributed by atoms with Crippen molar-refractivity contribution in [3.63, 3.8) is 0 Å². The van der Waals surface area contributed by atoms with Gasteiger partial charge in [-0.2, -0.15) is 0 Å². The van der Waals surface area contributed by atoms with Gasteiger partial charge in [-0.3, -0.25) is 0 Å². The highest BCUT2D eigenvalue weighted by Gasteiger charge is 2.20. The predicted molar refractivity (Wildman–Crippen MR) is 74.8 cm³/mol. The molecular weight excluding hydrogens is 244 g/mol. The van der Waals surface area contributed by atoms with E-state index in [1.165, 1.54) is 0 Å². The van der Waals surface area contributed by atoms with E-state index in [4.69, 9.17) is 14.2 Å². The molecule has 1 N–H and O–H groups in total. The zero-order valence-electron chi connectivity index (χ0n) is 12.4. The first-order valence-corrected chi connectivity index (χ1v) is 6.47. The summed E-state index contributed by atoms with van der Waals surface area (Å²) in [5, 5.41) is 10.2. The van der Waals surface area contributed by atoms with Crippen molar-refractivity contribution in [1.82, 2.24) is 0 Å². The van der Waals surface area contributed by atoms with Gasteiger partial charge < -0.3 is 19.3 Å². The monoisotopic (exact) mass is 268 g/mol. The summed E-state index contributed by atoms with van der Waals surface area (Å²) < 4.78 is 16.1. The lowest BCUT2D eigenvalue weighted by Gasteiger charge is -2.25. The molecule has 0 aromatic heterocycles. The maximum absolute atomic E-state index is 10.2. The van der Waals surface area contributed by atoms with Crippen LogP contribution in [0.15, 0.2) is 18.2 Å². The summed E-state index contributed by atoms with van der Waals surface area (Å²) in [6.45, 7) is 6.31. The van der Waals surface area contributed by atoms with Gasteiger partial charge in [-0.1, -0.05) is 6.92 Å². The van der Waals surface area contributed by atoms with E-state index < -0.39 is 6.10 Å². The normalized spacial score (nSPS) is 13.2. The van der Waals surface area contributed by atoms with Gasteiger partial charge in [-0.15, -0.1) is 0 Å². The molecule has 1 aromatic carbocycles. The fourth-order valence-corrected chi connectivity index (χ4v) is 1.59. The Kier molecular flexibility index (Phi) is 5.63. The molecule has 108 valence electrons. The number of benzene rings is 1. The lowest BCUT2D eigenvalue weighted by atomic mass is 10.1. The van der Waals surface area contributed by atoms with Crippen LogP contribution in [0.25, 0.3) is 0 Å². The summed E-state index contributed by atoms with van der Waals surface area (Å²) in [5.41, 5.74) is 0.468. The summed E-state index contributed by atoms with van der Waals surface area (Å²) in [6, 6.07) is 5.35. The van der Waals surface area contributed by atoms with Crippen LogP contribution < -0.4 is 9.47 Å². The Morgan fingerprint density at radius 3 is 2.42 bits per heavy atom. The average Bonchev–Trinajstić information content (AvgIpc) is 2.44. The minimum absolute atomic E-state index is 0.235. The Labute approximate surface area is 115 Å². The van der Waals surface area contributed by atoms with Crippen molar-refractivity contribution in [3.05, 3.63) is 23.8 Å². The van der Waals surface area contributed by atoms with Crippen molar-refractivity contribution in [3.8, 4) is 11.5 Å². The van der Waals surface area contributed by atoms with Crippen LogP contribution in [-0.2, 0) is 4.74 Å². The maximum atomic E-state index is 10.2. The van der Waals surface area contributed by atoms with Crippen LogP contribution in [0.3, 0.4) is 0 Å². The molecule has 0 aliphatic carbocycles. The Morgan fingerprint density at radius 2 is 1.89 bits per heavy atom.